The molecule has 1 aromatic carbocycles. The molecular formula is C22H26N4O3S. The van der Waals surface area contributed by atoms with Crippen LogP contribution in [0.5, 0.6) is 0 Å². The molecule has 3 heterocycles. The van der Waals surface area contributed by atoms with E-state index in [1.165, 1.54) is 11.3 Å². The molecule has 7 nitrogen and oxygen atoms in total. The van der Waals surface area contributed by atoms with Crippen LogP contribution in [0.25, 0.3) is 11.0 Å². The first-order valence-electron chi connectivity index (χ1n) is 10.2. The molecule has 3 amide bonds. The molecule has 0 spiro atoms. The zero-order valence-electron chi connectivity index (χ0n) is 17.4. The van der Waals surface area contributed by atoms with Crippen molar-refractivity contribution in [3.8, 4) is 0 Å². The number of fused-ring (bicyclic) bond motifs is 1. The van der Waals surface area contributed by atoms with Gasteiger partial charge >= 0.3 is 6.03 Å². The van der Waals surface area contributed by atoms with E-state index >= 15 is 0 Å². The van der Waals surface area contributed by atoms with E-state index in [2.05, 4.69) is 29.5 Å². The number of benzene rings is 1. The Morgan fingerprint density at radius 2 is 2.17 bits per heavy atom. The van der Waals surface area contributed by atoms with E-state index in [1.54, 1.807) is 4.90 Å². The van der Waals surface area contributed by atoms with Crippen molar-refractivity contribution in [2.45, 2.75) is 39.7 Å². The molecule has 0 radical (unpaired) electrons. The molecule has 2 aromatic heterocycles. The van der Waals surface area contributed by atoms with E-state index in [9.17, 15) is 9.59 Å². The van der Waals surface area contributed by atoms with Crippen molar-refractivity contribution in [2.24, 2.45) is 5.92 Å². The van der Waals surface area contributed by atoms with Crippen LogP contribution in [0, 0.1) is 12.8 Å². The maximum atomic E-state index is 12.8. The van der Waals surface area contributed by atoms with Crippen LogP contribution in [0.1, 0.15) is 43.3 Å². The fraction of sp³-hybridized carbons (Fsp3) is 0.409. The molecule has 1 unspecified atom stereocenters. The summed E-state index contributed by atoms with van der Waals surface area (Å²) in [7, 11) is 0. The Balaban J connectivity index is 1.48. The van der Waals surface area contributed by atoms with E-state index in [0.29, 0.717) is 23.9 Å². The summed E-state index contributed by atoms with van der Waals surface area (Å²) in [6.45, 7) is 7.49. The number of thiazole rings is 1. The van der Waals surface area contributed by atoms with Gasteiger partial charge in [-0.15, -0.1) is 11.3 Å². The van der Waals surface area contributed by atoms with Crippen LogP contribution >= 0.6 is 11.3 Å². The highest BCUT2D eigenvalue weighted by Crippen LogP contribution is 2.33. The number of carbonyl (C=O) groups is 2. The van der Waals surface area contributed by atoms with E-state index in [4.69, 9.17) is 4.42 Å². The lowest BCUT2D eigenvalue weighted by Crippen LogP contribution is -2.46. The van der Waals surface area contributed by atoms with Crippen LogP contribution in [-0.4, -0.2) is 30.0 Å². The molecule has 3 aromatic rings. The summed E-state index contributed by atoms with van der Waals surface area (Å²) >= 11 is 1.38. The normalized spacial score (nSPS) is 15.5. The Morgan fingerprint density at radius 3 is 2.90 bits per heavy atom. The van der Waals surface area contributed by atoms with E-state index in [-0.39, 0.29) is 30.3 Å². The third-order valence-electron chi connectivity index (χ3n) is 5.34. The number of hydrogen-bond donors (Lipinski definition) is 2. The number of para-hydroxylation sites is 1. The van der Waals surface area contributed by atoms with Crippen molar-refractivity contribution in [3.63, 3.8) is 0 Å². The molecule has 2 N–H and O–H groups in total. The number of rotatable bonds is 6. The molecule has 0 bridgehead atoms. The third kappa shape index (κ3) is 4.05. The van der Waals surface area contributed by atoms with Crippen LogP contribution in [0.3, 0.4) is 0 Å². The second kappa shape index (κ2) is 8.47. The molecule has 0 aliphatic carbocycles. The van der Waals surface area contributed by atoms with Gasteiger partial charge in [-0.1, -0.05) is 32.0 Å². The molecule has 1 fully saturated rings. The van der Waals surface area contributed by atoms with Crippen LogP contribution in [0.2, 0.25) is 0 Å². The zero-order valence-corrected chi connectivity index (χ0v) is 18.2. The number of urea groups is 1. The largest absolute Gasteiger partial charge is 0.459 e. The molecule has 4 rings (SSSR count). The number of nitrogens with zero attached hydrogens (tertiary/aromatic N) is 2. The van der Waals surface area contributed by atoms with Gasteiger partial charge in [0.25, 0.3) is 0 Å². The summed E-state index contributed by atoms with van der Waals surface area (Å²) in [5.74, 6) is 0.841. The number of nitrogens with one attached hydrogen (secondary N) is 2. The Bertz CT molecular complexity index is 1070. The lowest BCUT2D eigenvalue weighted by atomic mass is 9.98. The Hall–Kier alpha value is -2.87. The highest BCUT2D eigenvalue weighted by atomic mass is 32.1. The molecule has 1 aliphatic heterocycles. The topological polar surface area (TPSA) is 87.5 Å². The molecule has 8 heteroatoms. The van der Waals surface area contributed by atoms with Crippen molar-refractivity contribution >= 4 is 39.4 Å². The molecule has 1 saturated heterocycles. The summed E-state index contributed by atoms with van der Waals surface area (Å²) in [5.41, 5.74) is 2.54. The van der Waals surface area contributed by atoms with Crippen molar-refractivity contribution in [1.29, 1.82) is 0 Å². The van der Waals surface area contributed by atoms with Gasteiger partial charge in [0.15, 0.2) is 5.13 Å². The van der Waals surface area contributed by atoms with Gasteiger partial charge in [-0.3, -0.25) is 9.69 Å². The SMILES string of the molecule is Cc1c(C(NC(=O)Cc2csc(N3CCCNC3=O)n2)C(C)C)oc2ccccc12. The van der Waals surface area contributed by atoms with Crippen LogP contribution < -0.4 is 15.5 Å². The smallest absolute Gasteiger partial charge is 0.323 e. The molecule has 0 saturated carbocycles. The van der Waals surface area contributed by atoms with Gasteiger partial charge < -0.3 is 15.1 Å². The van der Waals surface area contributed by atoms with Gasteiger partial charge in [0.2, 0.25) is 5.91 Å². The Morgan fingerprint density at radius 1 is 1.37 bits per heavy atom. The number of aromatic nitrogens is 1. The second-order valence-electron chi connectivity index (χ2n) is 7.91. The molecule has 158 valence electrons. The summed E-state index contributed by atoms with van der Waals surface area (Å²) in [4.78, 5) is 30.9. The first-order chi connectivity index (χ1) is 14.4. The van der Waals surface area contributed by atoms with Crippen molar-refractivity contribution in [3.05, 3.63) is 46.7 Å². The monoisotopic (exact) mass is 426 g/mol. The van der Waals surface area contributed by atoms with Crippen molar-refractivity contribution in [1.82, 2.24) is 15.6 Å². The first-order valence-corrected chi connectivity index (χ1v) is 11.1. The number of furan rings is 1. The van der Waals surface area contributed by atoms with Gasteiger partial charge in [-0.25, -0.2) is 9.78 Å². The highest BCUT2D eigenvalue weighted by Gasteiger charge is 2.26. The lowest BCUT2D eigenvalue weighted by Gasteiger charge is -2.24. The molecule has 1 atom stereocenters. The molecule has 1 aliphatic rings. The minimum absolute atomic E-state index is 0.117. The Kier molecular flexibility index (Phi) is 5.76. The second-order valence-corrected chi connectivity index (χ2v) is 8.75. The number of carbonyl (C=O) groups excluding carboxylic acids is 2. The number of hydrogen-bond acceptors (Lipinski definition) is 5. The quantitative estimate of drug-likeness (QED) is 0.619. The molecule has 30 heavy (non-hydrogen) atoms. The maximum absolute atomic E-state index is 12.8. The van der Waals surface area contributed by atoms with Gasteiger partial charge in [-0.05, 0) is 25.3 Å². The van der Waals surface area contributed by atoms with Crippen molar-refractivity contribution in [2.75, 3.05) is 18.0 Å². The average molecular weight is 427 g/mol. The standard InChI is InChI=1S/C22H26N4O3S/c1-13(2)19(20-14(3)16-7-4-5-8-17(16)29-20)25-18(27)11-15-12-30-22(24-15)26-10-6-9-23-21(26)28/h4-5,7-8,12-13,19H,6,9-11H2,1-3H3,(H,23,28)(H,25,27). The maximum Gasteiger partial charge on any atom is 0.323 e. The van der Waals surface area contributed by atoms with E-state index in [1.807, 2.05) is 36.6 Å². The van der Waals surface area contributed by atoms with E-state index < -0.39 is 0 Å². The third-order valence-corrected chi connectivity index (χ3v) is 6.25. The average Bonchev–Trinajstić information content (AvgIpc) is 3.31. The van der Waals surface area contributed by atoms with Gasteiger partial charge in [-0.2, -0.15) is 0 Å². The predicted octanol–water partition coefficient (Wildman–Crippen LogP) is 4.17. The summed E-state index contributed by atoms with van der Waals surface area (Å²) in [5, 5.41) is 9.47. The lowest BCUT2D eigenvalue weighted by molar-refractivity contribution is -0.121. The van der Waals surface area contributed by atoms with Gasteiger partial charge in [0, 0.05) is 29.4 Å². The Labute approximate surface area is 179 Å². The number of anilines is 1. The number of aryl methyl sites for hydroxylation is 1. The van der Waals surface area contributed by atoms with Crippen LogP contribution in [-0.2, 0) is 11.2 Å². The van der Waals surface area contributed by atoms with Crippen molar-refractivity contribution < 1.29 is 14.0 Å². The van der Waals surface area contributed by atoms with Gasteiger partial charge in [0.05, 0.1) is 18.2 Å². The number of amides is 3. The zero-order chi connectivity index (χ0) is 21.3. The minimum atomic E-state index is -0.226. The first kappa shape index (κ1) is 20.4. The summed E-state index contributed by atoms with van der Waals surface area (Å²) in [6, 6.07) is 7.55. The fourth-order valence-corrected chi connectivity index (χ4v) is 4.58. The summed E-state index contributed by atoms with van der Waals surface area (Å²) < 4.78 is 6.09. The van der Waals surface area contributed by atoms with E-state index in [0.717, 1.165) is 28.7 Å². The van der Waals surface area contributed by atoms with Crippen LogP contribution in [0.4, 0.5) is 9.93 Å². The highest BCUT2D eigenvalue weighted by molar-refractivity contribution is 7.14. The van der Waals surface area contributed by atoms with Crippen LogP contribution in [0.15, 0.2) is 34.1 Å². The fourth-order valence-electron chi connectivity index (χ4n) is 3.73. The predicted molar refractivity (Wildman–Crippen MR) is 118 cm³/mol. The van der Waals surface area contributed by atoms with Gasteiger partial charge in [0.1, 0.15) is 11.3 Å². The summed E-state index contributed by atoms with van der Waals surface area (Å²) in [6.07, 6.45) is 1.04. The molecular weight excluding hydrogens is 400 g/mol. The minimum Gasteiger partial charge on any atom is -0.459 e.